The van der Waals surface area contributed by atoms with Crippen molar-refractivity contribution in [2.24, 2.45) is 0 Å². The van der Waals surface area contributed by atoms with E-state index in [4.69, 9.17) is 25.5 Å². The van der Waals surface area contributed by atoms with Gasteiger partial charge in [0.05, 0.1) is 6.54 Å². The largest absolute Gasteiger partial charge is 0.460 e. The van der Waals surface area contributed by atoms with Crippen LogP contribution in [0, 0.1) is 6.92 Å². The summed E-state index contributed by atoms with van der Waals surface area (Å²) in [5.74, 6) is 3.31. The Morgan fingerprint density at radius 2 is 1.84 bits per heavy atom. The van der Waals surface area contributed by atoms with Crippen molar-refractivity contribution in [3.63, 3.8) is 0 Å². The average Bonchev–Trinajstić information content (AvgIpc) is 3.26. The summed E-state index contributed by atoms with van der Waals surface area (Å²) in [6.45, 7) is 3.65. The zero-order valence-electron chi connectivity index (χ0n) is 13.8. The Labute approximate surface area is 151 Å². The molecule has 0 fully saturated rings. The van der Waals surface area contributed by atoms with Crippen LogP contribution >= 0.6 is 11.6 Å². The van der Waals surface area contributed by atoms with Gasteiger partial charge in [-0.3, -0.25) is 0 Å². The van der Waals surface area contributed by atoms with E-state index in [2.05, 4.69) is 5.32 Å². The number of fused-ring (bicyclic) bond motifs is 1. The molecule has 4 nitrogen and oxygen atoms in total. The minimum atomic E-state index is 0.296. The zero-order chi connectivity index (χ0) is 17.2. The van der Waals surface area contributed by atoms with Crippen molar-refractivity contribution in [1.29, 1.82) is 0 Å². The van der Waals surface area contributed by atoms with Gasteiger partial charge in [-0.25, -0.2) is 0 Å². The predicted octanol–water partition coefficient (Wildman–Crippen LogP) is 4.93. The van der Waals surface area contributed by atoms with Crippen LogP contribution in [-0.2, 0) is 13.1 Å². The van der Waals surface area contributed by atoms with Gasteiger partial charge in [-0.15, -0.1) is 0 Å². The molecule has 4 rings (SSSR count). The van der Waals surface area contributed by atoms with Gasteiger partial charge in [0.1, 0.15) is 11.5 Å². The highest BCUT2D eigenvalue weighted by atomic mass is 35.5. The van der Waals surface area contributed by atoms with E-state index in [-0.39, 0.29) is 0 Å². The van der Waals surface area contributed by atoms with Crippen LogP contribution in [0.2, 0.25) is 5.02 Å². The third kappa shape index (κ3) is 3.50. The van der Waals surface area contributed by atoms with Crippen LogP contribution < -0.4 is 14.8 Å². The first-order chi connectivity index (χ1) is 12.2. The summed E-state index contributed by atoms with van der Waals surface area (Å²) in [5.41, 5.74) is 3.18. The molecule has 25 heavy (non-hydrogen) atoms. The minimum absolute atomic E-state index is 0.296. The fourth-order valence-corrected chi connectivity index (χ4v) is 2.94. The molecule has 0 spiro atoms. The lowest BCUT2D eigenvalue weighted by Gasteiger charge is -2.05. The van der Waals surface area contributed by atoms with Gasteiger partial charge >= 0.3 is 0 Å². The Bertz CT molecular complexity index is 904. The molecule has 1 aliphatic rings. The molecule has 128 valence electrons. The molecule has 0 bridgehead atoms. The van der Waals surface area contributed by atoms with Crippen molar-refractivity contribution in [2.45, 2.75) is 20.0 Å². The average molecular weight is 356 g/mol. The van der Waals surface area contributed by atoms with E-state index in [1.807, 2.05) is 55.5 Å². The minimum Gasteiger partial charge on any atom is -0.460 e. The van der Waals surface area contributed by atoms with Crippen molar-refractivity contribution >= 4 is 11.6 Å². The SMILES string of the molecule is Cc1ccc(-c2ccc(CNCc3ccc4c(c3)OCO4)o2)cc1Cl. The molecule has 0 amide bonds. The summed E-state index contributed by atoms with van der Waals surface area (Å²) in [7, 11) is 0. The van der Waals surface area contributed by atoms with Gasteiger partial charge in [-0.2, -0.15) is 0 Å². The van der Waals surface area contributed by atoms with Crippen LogP contribution in [0.25, 0.3) is 11.3 Å². The third-order valence-electron chi connectivity index (χ3n) is 4.18. The molecule has 0 saturated heterocycles. The van der Waals surface area contributed by atoms with Crippen molar-refractivity contribution in [1.82, 2.24) is 5.32 Å². The van der Waals surface area contributed by atoms with E-state index >= 15 is 0 Å². The van der Waals surface area contributed by atoms with Gasteiger partial charge in [-0.1, -0.05) is 29.8 Å². The highest BCUT2D eigenvalue weighted by Gasteiger charge is 2.13. The van der Waals surface area contributed by atoms with Crippen molar-refractivity contribution < 1.29 is 13.9 Å². The lowest BCUT2D eigenvalue weighted by molar-refractivity contribution is 0.174. The number of furan rings is 1. The van der Waals surface area contributed by atoms with Crippen molar-refractivity contribution in [3.8, 4) is 22.8 Å². The first-order valence-corrected chi connectivity index (χ1v) is 8.51. The topological polar surface area (TPSA) is 43.6 Å². The molecule has 1 aromatic heterocycles. The van der Waals surface area contributed by atoms with E-state index in [1.54, 1.807) is 0 Å². The van der Waals surface area contributed by atoms with Gasteiger partial charge in [0.2, 0.25) is 6.79 Å². The summed E-state index contributed by atoms with van der Waals surface area (Å²) >= 11 is 6.19. The molecule has 2 aromatic carbocycles. The molecule has 5 heteroatoms. The van der Waals surface area contributed by atoms with Crippen LogP contribution in [0.5, 0.6) is 11.5 Å². The van der Waals surface area contributed by atoms with E-state index < -0.39 is 0 Å². The van der Waals surface area contributed by atoms with Crippen LogP contribution in [0.3, 0.4) is 0 Å². The number of halogens is 1. The number of hydrogen-bond acceptors (Lipinski definition) is 4. The van der Waals surface area contributed by atoms with E-state index in [0.29, 0.717) is 13.3 Å². The molecule has 0 saturated carbocycles. The van der Waals surface area contributed by atoms with Crippen LogP contribution in [0.1, 0.15) is 16.9 Å². The predicted molar refractivity (Wildman–Crippen MR) is 97.0 cm³/mol. The molecular formula is C20H18ClNO3. The monoisotopic (exact) mass is 355 g/mol. The number of ether oxygens (including phenoxy) is 2. The molecule has 0 unspecified atom stereocenters. The van der Waals surface area contributed by atoms with E-state index in [1.165, 1.54) is 0 Å². The third-order valence-corrected chi connectivity index (χ3v) is 4.59. The quantitative estimate of drug-likeness (QED) is 0.705. The molecular weight excluding hydrogens is 338 g/mol. The maximum absolute atomic E-state index is 6.19. The molecule has 3 aromatic rings. The zero-order valence-corrected chi connectivity index (χ0v) is 14.6. The fraction of sp³-hybridized carbons (Fsp3) is 0.200. The second-order valence-electron chi connectivity index (χ2n) is 6.02. The first kappa shape index (κ1) is 16.1. The maximum Gasteiger partial charge on any atom is 0.231 e. The molecule has 1 aliphatic heterocycles. The Morgan fingerprint density at radius 3 is 2.72 bits per heavy atom. The second-order valence-corrected chi connectivity index (χ2v) is 6.43. The van der Waals surface area contributed by atoms with Gasteiger partial charge in [0.25, 0.3) is 0 Å². The Kier molecular flexibility index (Phi) is 4.38. The second kappa shape index (κ2) is 6.82. The van der Waals surface area contributed by atoms with Gasteiger partial charge in [-0.05, 0) is 48.4 Å². The Balaban J connectivity index is 1.37. The van der Waals surface area contributed by atoms with E-state index in [9.17, 15) is 0 Å². The number of rotatable bonds is 5. The summed E-state index contributed by atoms with van der Waals surface area (Å²) < 4.78 is 16.6. The molecule has 1 N–H and O–H groups in total. The lowest BCUT2D eigenvalue weighted by atomic mass is 10.1. The summed E-state index contributed by atoms with van der Waals surface area (Å²) in [4.78, 5) is 0. The van der Waals surface area contributed by atoms with Gasteiger partial charge < -0.3 is 19.2 Å². The van der Waals surface area contributed by atoms with Crippen LogP contribution in [-0.4, -0.2) is 6.79 Å². The molecule has 0 radical (unpaired) electrons. The van der Waals surface area contributed by atoms with Crippen molar-refractivity contribution in [2.75, 3.05) is 6.79 Å². The van der Waals surface area contributed by atoms with Gasteiger partial charge in [0.15, 0.2) is 11.5 Å². The normalized spacial score (nSPS) is 12.6. The van der Waals surface area contributed by atoms with Crippen LogP contribution in [0.15, 0.2) is 52.9 Å². The highest BCUT2D eigenvalue weighted by molar-refractivity contribution is 6.31. The fourth-order valence-electron chi connectivity index (χ4n) is 2.76. The Hall–Kier alpha value is -2.43. The number of benzene rings is 2. The van der Waals surface area contributed by atoms with Gasteiger partial charge in [0, 0.05) is 17.1 Å². The summed E-state index contributed by atoms with van der Waals surface area (Å²) in [6.07, 6.45) is 0. The Morgan fingerprint density at radius 1 is 0.960 bits per heavy atom. The van der Waals surface area contributed by atoms with E-state index in [0.717, 1.165) is 51.3 Å². The number of hydrogen-bond donors (Lipinski definition) is 1. The summed E-state index contributed by atoms with van der Waals surface area (Å²) in [5, 5.41) is 4.12. The van der Waals surface area contributed by atoms with Crippen molar-refractivity contribution in [3.05, 3.63) is 70.4 Å². The smallest absolute Gasteiger partial charge is 0.231 e. The number of nitrogens with one attached hydrogen (secondary N) is 1. The highest BCUT2D eigenvalue weighted by Crippen LogP contribution is 2.32. The van der Waals surface area contributed by atoms with Crippen LogP contribution in [0.4, 0.5) is 0 Å². The first-order valence-electron chi connectivity index (χ1n) is 8.13. The molecule has 0 aliphatic carbocycles. The summed E-state index contributed by atoms with van der Waals surface area (Å²) in [6, 6.07) is 15.9. The lowest BCUT2D eigenvalue weighted by Crippen LogP contribution is -2.11. The standard InChI is InChI=1S/C20H18ClNO3/c1-13-2-4-15(9-17(13)21)18-7-5-16(25-18)11-22-10-14-3-6-19-20(8-14)24-12-23-19/h2-9,22H,10-12H2,1H3. The molecule has 0 atom stereocenters. The maximum atomic E-state index is 6.19. The molecule has 2 heterocycles. The number of aryl methyl sites for hydroxylation is 1.